The van der Waals surface area contributed by atoms with Gasteiger partial charge in [0.1, 0.15) is 0 Å². The van der Waals surface area contributed by atoms with Gasteiger partial charge in [-0.15, -0.1) is 0 Å². The highest BCUT2D eigenvalue weighted by Gasteiger charge is 2.04. The van der Waals surface area contributed by atoms with Gasteiger partial charge in [-0.25, -0.2) is 0 Å². The average Bonchev–Trinajstić information content (AvgIpc) is 1.63. The Morgan fingerprint density at radius 1 is 1.89 bits per heavy atom. The first kappa shape index (κ1) is 8.10. The van der Waals surface area contributed by atoms with Crippen molar-refractivity contribution in [2.75, 3.05) is 0 Å². The lowest BCUT2D eigenvalue weighted by molar-refractivity contribution is -0.137. The normalized spacial score (nSPS) is 12.6. The molecule has 0 bridgehead atoms. The summed E-state index contributed by atoms with van der Waals surface area (Å²) >= 11 is 0. The topological polar surface area (TPSA) is 87.2 Å². The third kappa shape index (κ3) is 4.96. The van der Waals surface area contributed by atoms with Gasteiger partial charge in [-0.3, -0.25) is 4.79 Å². The predicted octanol–water partition coefficient (Wildman–Crippen LogP) is -0.172. The fraction of sp³-hybridized carbons (Fsp3) is 0.600. The number of aliphatic carboxylic acids is 1. The van der Waals surface area contributed by atoms with Gasteiger partial charge in [0.05, 0.1) is 6.42 Å². The monoisotopic (exact) mass is 130 g/mol. The van der Waals surface area contributed by atoms with E-state index in [2.05, 4.69) is 0 Å². The van der Waals surface area contributed by atoms with Gasteiger partial charge in [0.25, 0.3) is 0 Å². The lowest BCUT2D eigenvalue weighted by atomic mass is 10.2. The zero-order chi connectivity index (χ0) is 7.28. The first-order valence-electron chi connectivity index (χ1n) is 2.63. The summed E-state index contributed by atoms with van der Waals surface area (Å²) in [5.74, 6) is -0.913. The van der Waals surface area contributed by atoms with Crippen molar-refractivity contribution in [1.29, 1.82) is 5.41 Å². The van der Waals surface area contributed by atoms with E-state index in [-0.39, 0.29) is 6.42 Å². The highest BCUT2D eigenvalue weighted by molar-refractivity contribution is 5.68. The summed E-state index contributed by atoms with van der Waals surface area (Å²) in [6, 6.07) is -0.403. The maximum Gasteiger partial charge on any atom is 0.304 e. The van der Waals surface area contributed by atoms with Crippen LogP contribution < -0.4 is 5.73 Å². The Morgan fingerprint density at radius 2 is 2.44 bits per heavy atom. The zero-order valence-electron chi connectivity index (χ0n) is 5.00. The highest BCUT2D eigenvalue weighted by atomic mass is 16.4. The molecular weight excluding hydrogens is 120 g/mol. The summed E-state index contributed by atoms with van der Waals surface area (Å²) in [5.41, 5.74) is 5.25. The van der Waals surface area contributed by atoms with Gasteiger partial charge in [-0.05, 0) is 12.6 Å². The Balaban J connectivity index is 3.37. The van der Waals surface area contributed by atoms with Crippen molar-refractivity contribution >= 4 is 12.2 Å². The minimum atomic E-state index is -0.913. The third-order valence-electron chi connectivity index (χ3n) is 0.857. The van der Waals surface area contributed by atoms with Crippen molar-refractivity contribution in [3.05, 3.63) is 0 Å². The standard InChI is InChI=1S/C5H10N2O2/c6-2-1-4(7)3-5(8)9/h2,4,6H,1,3,7H2,(H,8,9). The van der Waals surface area contributed by atoms with Crippen LogP contribution in [0, 0.1) is 5.41 Å². The number of hydrogen-bond donors (Lipinski definition) is 3. The number of carbonyl (C=O) groups is 1. The Labute approximate surface area is 53.2 Å². The molecule has 4 heteroatoms. The fourth-order valence-electron chi connectivity index (χ4n) is 0.459. The van der Waals surface area contributed by atoms with Gasteiger partial charge in [0.2, 0.25) is 0 Å². The van der Waals surface area contributed by atoms with E-state index >= 15 is 0 Å². The van der Waals surface area contributed by atoms with Gasteiger partial charge in [0.15, 0.2) is 0 Å². The van der Waals surface area contributed by atoms with Crippen LogP contribution in [0.5, 0.6) is 0 Å². The lowest BCUT2D eigenvalue weighted by Gasteiger charge is -2.01. The lowest BCUT2D eigenvalue weighted by Crippen LogP contribution is -2.23. The van der Waals surface area contributed by atoms with Crippen LogP contribution in [-0.2, 0) is 4.79 Å². The van der Waals surface area contributed by atoms with Gasteiger partial charge >= 0.3 is 5.97 Å². The minimum Gasteiger partial charge on any atom is -0.481 e. The molecule has 0 aromatic carbocycles. The van der Waals surface area contributed by atoms with Crippen molar-refractivity contribution in [1.82, 2.24) is 0 Å². The molecule has 0 spiro atoms. The number of nitrogens with two attached hydrogens (primary N) is 1. The maximum absolute atomic E-state index is 9.93. The van der Waals surface area contributed by atoms with Crippen molar-refractivity contribution in [2.24, 2.45) is 5.73 Å². The van der Waals surface area contributed by atoms with Gasteiger partial charge in [0, 0.05) is 6.04 Å². The molecule has 9 heavy (non-hydrogen) atoms. The molecule has 0 saturated carbocycles. The van der Waals surface area contributed by atoms with Crippen LogP contribution in [0.2, 0.25) is 0 Å². The van der Waals surface area contributed by atoms with Gasteiger partial charge in [-0.2, -0.15) is 0 Å². The summed E-state index contributed by atoms with van der Waals surface area (Å²) in [6.45, 7) is 0. The van der Waals surface area contributed by atoms with E-state index < -0.39 is 12.0 Å². The Hall–Kier alpha value is -0.900. The summed E-state index contributed by atoms with van der Waals surface area (Å²) in [5, 5.41) is 14.7. The summed E-state index contributed by atoms with van der Waals surface area (Å²) in [4.78, 5) is 9.93. The summed E-state index contributed by atoms with van der Waals surface area (Å²) < 4.78 is 0. The van der Waals surface area contributed by atoms with Crippen LogP contribution in [0.1, 0.15) is 12.8 Å². The van der Waals surface area contributed by atoms with E-state index in [4.69, 9.17) is 16.2 Å². The van der Waals surface area contributed by atoms with E-state index in [1.54, 1.807) is 0 Å². The first-order valence-corrected chi connectivity index (χ1v) is 2.63. The van der Waals surface area contributed by atoms with Crippen LogP contribution >= 0.6 is 0 Å². The molecule has 0 radical (unpaired) electrons. The van der Waals surface area contributed by atoms with Crippen molar-refractivity contribution in [2.45, 2.75) is 18.9 Å². The summed E-state index contributed by atoms with van der Waals surface area (Å²) in [6.07, 6.45) is 1.40. The van der Waals surface area contributed by atoms with Crippen molar-refractivity contribution < 1.29 is 9.90 Å². The van der Waals surface area contributed by atoms with E-state index in [1.165, 1.54) is 0 Å². The molecule has 1 atom stereocenters. The molecule has 4 N–H and O–H groups in total. The smallest absolute Gasteiger partial charge is 0.304 e. The second-order valence-corrected chi connectivity index (χ2v) is 1.80. The molecular formula is C5H10N2O2. The van der Waals surface area contributed by atoms with E-state index in [0.717, 1.165) is 6.21 Å². The second kappa shape index (κ2) is 4.03. The Kier molecular flexibility index (Phi) is 3.62. The molecule has 0 saturated heterocycles. The van der Waals surface area contributed by atoms with Crippen molar-refractivity contribution in [3.63, 3.8) is 0 Å². The molecule has 0 aromatic rings. The predicted molar refractivity (Wildman–Crippen MR) is 33.6 cm³/mol. The van der Waals surface area contributed by atoms with Crippen molar-refractivity contribution in [3.8, 4) is 0 Å². The largest absolute Gasteiger partial charge is 0.481 e. The molecule has 0 amide bonds. The first-order chi connectivity index (χ1) is 4.16. The molecule has 0 fully saturated rings. The summed E-state index contributed by atoms with van der Waals surface area (Å²) in [7, 11) is 0. The quantitative estimate of drug-likeness (QED) is 0.461. The second-order valence-electron chi connectivity index (χ2n) is 1.80. The third-order valence-corrected chi connectivity index (χ3v) is 0.857. The van der Waals surface area contributed by atoms with Crippen LogP contribution in [0.3, 0.4) is 0 Å². The van der Waals surface area contributed by atoms with Crippen LogP contribution in [-0.4, -0.2) is 23.3 Å². The maximum atomic E-state index is 9.93. The number of hydrogen-bond acceptors (Lipinski definition) is 3. The molecule has 0 rings (SSSR count). The Bertz CT molecular complexity index is 114. The van der Waals surface area contributed by atoms with E-state index in [9.17, 15) is 4.79 Å². The van der Waals surface area contributed by atoms with E-state index in [1.807, 2.05) is 0 Å². The number of nitrogens with one attached hydrogen (secondary N) is 1. The molecule has 0 aliphatic heterocycles. The molecule has 0 aromatic heterocycles. The minimum absolute atomic E-state index is 0.0601. The number of carboxylic acids is 1. The molecule has 4 nitrogen and oxygen atoms in total. The molecule has 0 aliphatic rings. The van der Waals surface area contributed by atoms with Gasteiger partial charge < -0.3 is 16.2 Å². The zero-order valence-corrected chi connectivity index (χ0v) is 5.00. The fourth-order valence-corrected chi connectivity index (χ4v) is 0.459. The number of carboxylic acid groups (broad SMARTS) is 1. The van der Waals surface area contributed by atoms with E-state index in [0.29, 0.717) is 6.42 Å². The highest BCUT2D eigenvalue weighted by Crippen LogP contribution is 1.90. The number of rotatable bonds is 4. The van der Waals surface area contributed by atoms with Crippen LogP contribution in [0.4, 0.5) is 0 Å². The van der Waals surface area contributed by atoms with Crippen LogP contribution in [0.25, 0.3) is 0 Å². The molecule has 0 heterocycles. The molecule has 52 valence electrons. The van der Waals surface area contributed by atoms with Crippen LogP contribution in [0.15, 0.2) is 0 Å². The molecule has 0 aliphatic carbocycles. The average molecular weight is 130 g/mol. The van der Waals surface area contributed by atoms with Gasteiger partial charge in [-0.1, -0.05) is 0 Å². The Morgan fingerprint density at radius 3 is 2.78 bits per heavy atom. The molecule has 1 unspecified atom stereocenters. The SMILES string of the molecule is N=CCC(N)CC(=O)O.